The molecule has 0 aliphatic rings. The van der Waals surface area contributed by atoms with Crippen LogP contribution in [0.5, 0.6) is 0 Å². The second-order valence-corrected chi connectivity index (χ2v) is 5.14. The minimum Gasteiger partial charge on any atom is -0.258 e. The van der Waals surface area contributed by atoms with E-state index in [1.807, 2.05) is 72.8 Å². The van der Waals surface area contributed by atoms with Crippen molar-refractivity contribution in [3.05, 3.63) is 100 Å². The van der Waals surface area contributed by atoms with Crippen molar-refractivity contribution in [3.63, 3.8) is 0 Å². The fraction of sp³-hybridized carbons (Fsp3) is 0. The lowest BCUT2D eigenvalue weighted by Crippen LogP contribution is -1.90. The lowest BCUT2D eigenvalue weighted by molar-refractivity contribution is -0.384. The summed E-state index contributed by atoms with van der Waals surface area (Å²) in [4.78, 5) is 10.7. The van der Waals surface area contributed by atoms with Crippen LogP contribution >= 0.6 is 0 Å². The highest BCUT2D eigenvalue weighted by Gasteiger charge is 2.10. The van der Waals surface area contributed by atoms with Gasteiger partial charge in [-0.1, -0.05) is 72.8 Å². The van der Waals surface area contributed by atoms with Gasteiger partial charge in [0.05, 0.1) is 4.92 Å². The van der Waals surface area contributed by atoms with Gasteiger partial charge in [0.15, 0.2) is 0 Å². The van der Waals surface area contributed by atoms with Crippen molar-refractivity contribution >= 4 is 17.8 Å². The van der Waals surface area contributed by atoms with E-state index >= 15 is 0 Å². The summed E-state index contributed by atoms with van der Waals surface area (Å²) in [6.45, 7) is 0. The van der Waals surface area contributed by atoms with Crippen LogP contribution in [0.3, 0.4) is 0 Å². The van der Waals surface area contributed by atoms with E-state index in [0.29, 0.717) is 0 Å². The van der Waals surface area contributed by atoms with Crippen LogP contribution in [-0.4, -0.2) is 4.92 Å². The summed E-state index contributed by atoms with van der Waals surface area (Å²) >= 11 is 0. The highest BCUT2D eigenvalue weighted by molar-refractivity contribution is 5.82. The molecule has 0 heterocycles. The van der Waals surface area contributed by atoms with E-state index in [4.69, 9.17) is 0 Å². The van der Waals surface area contributed by atoms with Crippen LogP contribution in [0.4, 0.5) is 5.69 Å². The second kappa shape index (κ2) is 6.71. The van der Waals surface area contributed by atoms with E-state index in [2.05, 4.69) is 0 Å². The smallest absolute Gasteiger partial charge is 0.258 e. The van der Waals surface area contributed by atoms with Gasteiger partial charge in [-0.3, -0.25) is 10.1 Å². The van der Waals surface area contributed by atoms with Crippen LogP contribution in [0.1, 0.15) is 11.1 Å². The Morgan fingerprint density at radius 3 is 2.09 bits per heavy atom. The molecule has 3 heteroatoms. The molecule has 3 aromatic rings. The van der Waals surface area contributed by atoms with E-state index in [9.17, 15) is 10.1 Å². The molecule has 0 bridgehead atoms. The van der Waals surface area contributed by atoms with E-state index in [1.54, 1.807) is 12.1 Å². The Labute approximate surface area is 134 Å². The summed E-state index contributed by atoms with van der Waals surface area (Å²) in [5, 5.41) is 11.1. The van der Waals surface area contributed by atoms with Crippen molar-refractivity contribution in [3.8, 4) is 11.1 Å². The summed E-state index contributed by atoms with van der Waals surface area (Å²) in [6.07, 6.45) is 4.00. The standard InChI is InChI=1S/C20H15NO2/c22-21(23)19-14-13-18(12-11-16-7-3-1-4-8-16)20(15-19)17-9-5-2-6-10-17/h1-15H. The van der Waals surface area contributed by atoms with Crippen LogP contribution in [0, 0.1) is 10.1 Å². The molecular weight excluding hydrogens is 286 g/mol. The molecule has 0 fully saturated rings. The van der Waals surface area contributed by atoms with Gasteiger partial charge < -0.3 is 0 Å². The molecule has 23 heavy (non-hydrogen) atoms. The minimum atomic E-state index is -0.364. The fourth-order valence-electron chi connectivity index (χ4n) is 2.42. The highest BCUT2D eigenvalue weighted by atomic mass is 16.6. The van der Waals surface area contributed by atoms with Crippen molar-refractivity contribution in [2.45, 2.75) is 0 Å². The van der Waals surface area contributed by atoms with Crippen LogP contribution < -0.4 is 0 Å². The summed E-state index contributed by atoms with van der Waals surface area (Å²) in [7, 11) is 0. The Morgan fingerprint density at radius 1 is 0.783 bits per heavy atom. The zero-order valence-electron chi connectivity index (χ0n) is 12.4. The number of non-ortho nitro benzene ring substituents is 1. The van der Waals surface area contributed by atoms with E-state index in [-0.39, 0.29) is 10.6 Å². The van der Waals surface area contributed by atoms with Gasteiger partial charge in [-0.15, -0.1) is 0 Å². The van der Waals surface area contributed by atoms with Crippen LogP contribution in [-0.2, 0) is 0 Å². The largest absolute Gasteiger partial charge is 0.270 e. The molecular formula is C20H15NO2. The van der Waals surface area contributed by atoms with Crippen LogP contribution in [0.2, 0.25) is 0 Å². The summed E-state index contributed by atoms with van der Waals surface area (Å²) in [5.41, 5.74) is 3.95. The van der Waals surface area contributed by atoms with Gasteiger partial charge in [0.1, 0.15) is 0 Å². The molecule has 0 amide bonds. The SMILES string of the molecule is O=[N+]([O-])c1ccc(C=Cc2ccccc2)c(-c2ccccc2)c1. The van der Waals surface area contributed by atoms with Crippen molar-refractivity contribution in [2.75, 3.05) is 0 Å². The van der Waals surface area contributed by atoms with Crippen molar-refractivity contribution < 1.29 is 4.92 Å². The first-order valence-electron chi connectivity index (χ1n) is 7.31. The topological polar surface area (TPSA) is 43.1 Å². The third kappa shape index (κ3) is 3.52. The quantitative estimate of drug-likeness (QED) is 0.366. The van der Waals surface area contributed by atoms with E-state index in [1.165, 1.54) is 6.07 Å². The number of nitro groups is 1. The van der Waals surface area contributed by atoms with Crippen molar-refractivity contribution in [2.24, 2.45) is 0 Å². The molecule has 0 aliphatic carbocycles. The molecule has 3 nitrogen and oxygen atoms in total. The number of rotatable bonds is 4. The van der Waals surface area contributed by atoms with Crippen LogP contribution in [0.25, 0.3) is 23.3 Å². The Morgan fingerprint density at radius 2 is 1.43 bits per heavy atom. The predicted molar refractivity (Wildman–Crippen MR) is 93.9 cm³/mol. The molecule has 0 N–H and O–H groups in total. The first kappa shape index (κ1) is 14.7. The highest BCUT2D eigenvalue weighted by Crippen LogP contribution is 2.29. The first-order valence-corrected chi connectivity index (χ1v) is 7.31. The van der Waals surface area contributed by atoms with Crippen molar-refractivity contribution in [1.29, 1.82) is 0 Å². The van der Waals surface area contributed by atoms with E-state index in [0.717, 1.165) is 22.3 Å². The van der Waals surface area contributed by atoms with Crippen LogP contribution in [0.15, 0.2) is 78.9 Å². The number of nitrogens with zero attached hydrogens (tertiary/aromatic N) is 1. The van der Waals surface area contributed by atoms with E-state index < -0.39 is 0 Å². The Kier molecular flexibility index (Phi) is 4.29. The Balaban J connectivity index is 2.06. The van der Waals surface area contributed by atoms with Gasteiger partial charge in [0, 0.05) is 12.1 Å². The third-order valence-corrected chi connectivity index (χ3v) is 3.59. The molecule has 0 aliphatic heterocycles. The molecule has 0 saturated carbocycles. The van der Waals surface area contributed by atoms with Gasteiger partial charge in [-0.05, 0) is 28.3 Å². The molecule has 3 rings (SSSR count). The minimum absolute atomic E-state index is 0.0979. The maximum absolute atomic E-state index is 11.1. The molecule has 0 unspecified atom stereocenters. The average molecular weight is 301 g/mol. The Hall–Kier alpha value is -3.20. The molecule has 112 valence electrons. The number of benzene rings is 3. The normalized spacial score (nSPS) is 10.8. The molecule has 0 saturated heterocycles. The molecule has 3 aromatic carbocycles. The molecule has 0 radical (unpaired) electrons. The fourth-order valence-corrected chi connectivity index (χ4v) is 2.42. The molecule has 0 aromatic heterocycles. The van der Waals surface area contributed by atoms with Gasteiger partial charge in [-0.2, -0.15) is 0 Å². The maximum atomic E-state index is 11.1. The number of hydrogen-bond acceptors (Lipinski definition) is 2. The molecule has 0 spiro atoms. The van der Waals surface area contributed by atoms with Crippen molar-refractivity contribution in [1.82, 2.24) is 0 Å². The average Bonchev–Trinajstić information content (AvgIpc) is 2.61. The zero-order chi connectivity index (χ0) is 16.1. The first-order chi connectivity index (χ1) is 11.2. The summed E-state index contributed by atoms with van der Waals surface area (Å²) in [5.74, 6) is 0. The van der Waals surface area contributed by atoms with Gasteiger partial charge >= 0.3 is 0 Å². The lowest BCUT2D eigenvalue weighted by atomic mass is 9.98. The van der Waals surface area contributed by atoms with Gasteiger partial charge in [0.2, 0.25) is 0 Å². The third-order valence-electron chi connectivity index (χ3n) is 3.59. The molecule has 0 atom stereocenters. The summed E-state index contributed by atoms with van der Waals surface area (Å²) < 4.78 is 0. The second-order valence-electron chi connectivity index (χ2n) is 5.14. The van der Waals surface area contributed by atoms with Gasteiger partial charge in [-0.25, -0.2) is 0 Å². The zero-order valence-corrected chi connectivity index (χ0v) is 12.4. The number of hydrogen-bond donors (Lipinski definition) is 0. The summed E-state index contributed by atoms with van der Waals surface area (Å²) in [6, 6.07) is 24.6. The Bertz CT molecular complexity index is 840. The monoisotopic (exact) mass is 301 g/mol. The van der Waals surface area contributed by atoms with Gasteiger partial charge in [0.25, 0.3) is 5.69 Å². The lowest BCUT2D eigenvalue weighted by Gasteiger charge is -2.06. The maximum Gasteiger partial charge on any atom is 0.270 e. The number of nitro benzene ring substituents is 1. The predicted octanol–water partition coefficient (Wildman–Crippen LogP) is 5.43.